The van der Waals surface area contributed by atoms with Gasteiger partial charge in [0.15, 0.2) is 6.10 Å². The molecule has 0 aromatic heterocycles. The van der Waals surface area contributed by atoms with Crippen LogP contribution in [0.2, 0.25) is 0 Å². The van der Waals surface area contributed by atoms with Crippen LogP contribution in [0.1, 0.15) is 303 Å². The maximum atomic E-state index is 12.9. The Morgan fingerprint density at radius 1 is 0.267 bits per heavy atom. The minimum atomic E-state index is -0.800. The van der Waals surface area contributed by atoms with Gasteiger partial charge in [-0.25, -0.2) is 0 Å². The van der Waals surface area contributed by atoms with E-state index in [9.17, 15) is 14.4 Å². The molecule has 0 aliphatic heterocycles. The first-order valence-electron chi connectivity index (χ1n) is 31.7. The molecular formula is C69H118O6. The lowest BCUT2D eigenvalue weighted by atomic mass is 10.1. The van der Waals surface area contributed by atoms with Gasteiger partial charge in [0, 0.05) is 19.3 Å². The fourth-order valence-electron chi connectivity index (χ4n) is 8.72. The second-order valence-corrected chi connectivity index (χ2v) is 21.0. The van der Waals surface area contributed by atoms with Crippen LogP contribution in [0, 0.1) is 0 Å². The summed E-state index contributed by atoms with van der Waals surface area (Å²) in [6.45, 7) is 6.55. The largest absolute Gasteiger partial charge is 0.462 e. The van der Waals surface area contributed by atoms with E-state index in [0.717, 1.165) is 96.3 Å². The van der Waals surface area contributed by atoms with E-state index in [1.807, 2.05) is 0 Å². The van der Waals surface area contributed by atoms with Gasteiger partial charge in [0.1, 0.15) is 13.2 Å². The maximum Gasteiger partial charge on any atom is 0.306 e. The fraction of sp³-hybridized carbons (Fsp3) is 0.725. The van der Waals surface area contributed by atoms with Gasteiger partial charge in [0.2, 0.25) is 0 Å². The van der Waals surface area contributed by atoms with E-state index in [1.54, 1.807) is 0 Å². The van der Waals surface area contributed by atoms with Crippen molar-refractivity contribution in [2.24, 2.45) is 0 Å². The number of carbonyl (C=O) groups excluding carboxylic acids is 3. The van der Waals surface area contributed by atoms with Crippen molar-refractivity contribution in [1.82, 2.24) is 0 Å². The van der Waals surface area contributed by atoms with Crippen LogP contribution >= 0.6 is 0 Å². The molecule has 6 heteroatoms. The van der Waals surface area contributed by atoms with Crippen LogP contribution < -0.4 is 0 Å². The third-order valence-corrected chi connectivity index (χ3v) is 13.5. The van der Waals surface area contributed by atoms with Crippen molar-refractivity contribution in [2.75, 3.05) is 13.2 Å². The topological polar surface area (TPSA) is 78.9 Å². The van der Waals surface area contributed by atoms with Crippen molar-refractivity contribution in [3.63, 3.8) is 0 Å². The van der Waals surface area contributed by atoms with E-state index in [-0.39, 0.29) is 37.5 Å². The van der Waals surface area contributed by atoms with E-state index < -0.39 is 6.10 Å². The van der Waals surface area contributed by atoms with Crippen molar-refractivity contribution >= 4 is 17.9 Å². The zero-order valence-corrected chi connectivity index (χ0v) is 49.3. The Morgan fingerprint density at radius 3 is 0.760 bits per heavy atom. The third-order valence-electron chi connectivity index (χ3n) is 13.5. The van der Waals surface area contributed by atoms with E-state index in [2.05, 4.69) is 118 Å². The molecule has 0 fully saturated rings. The minimum absolute atomic E-state index is 0.0938. The number of esters is 3. The van der Waals surface area contributed by atoms with Crippen LogP contribution in [0.15, 0.2) is 97.2 Å². The molecule has 0 aliphatic carbocycles. The van der Waals surface area contributed by atoms with E-state index >= 15 is 0 Å². The van der Waals surface area contributed by atoms with Gasteiger partial charge in [-0.1, -0.05) is 253 Å². The number of hydrogen-bond acceptors (Lipinski definition) is 6. The summed E-state index contributed by atoms with van der Waals surface area (Å²) in [5, 5.41) is 0. The Balaban J connectivity index is 4.45. The Bertz CT molecular complexity index is 1410. The van der Waals surface area contributed by atoms with Gasteiger partial charge in [0.25, 0.3) is 0 Å². The fourth-order valence-corrected chi connectivity index (χ4v) is 8.72. The highest BCUT2D eigenvalue weighted by Gasteiger charge is 2.19. The van der Waals surface area contributed by atoms with Crippen molar-refractivity contribution in [3.8, 4) is 0 Å². The van der Waals surface area contributed by atoms with Crippen LogP contribution in [0.25, 0.3) is 0 Å². The molecular weight excluding hydrogens is 925 g/mol. The number of hydrogen-bond donors (Lipinski definition) is 0. The summed E-state index contributed by atoms with van der Waals surface area (Å²) in [5.41, 5.74) is 0. The van der Waals surface area contributed by atoms with Crippen molar-refractivity contribution < 1.29 is 28.6 Å². The van der Waals surface area contributed by atoms with Crippen LogP contribution in [0.4, 0.5) is 0 Å². The first kappa shape index (κ1) is 71.3. The number of ether oxygens (including phenoxy) is 3. The average Bonchev–Trinajstić information content (AvgIpc) is 3.41. The normalized spacial score (nSPS) is 12.4. The monoisotopic (exact) mass is 1040 g/mol. The van der Waals surface area contributed by atoms with Crippen LogP contribution in [0.5, 0.6) is 0 Å². The zero-order chi connectivity index (χ0) is 54.3. The van der Waals surface area contributed by atoms with E-state index in [4.69, 9.17) is 14.2 Å². The quantitative estimate of drug-likeness (QED) is 0.0261. The molecule has 0 atom stereocenters. The summed E-state index contributed by atoms with van der Waals surface area (Å²) in [6.07, 6.45) is 84.0. The van der Waals surface area contributed by atoms with Gasteiger partial charge >= 0.3 is 17.9 Å². The van der Waals surface area contributed by atoms with Crippen LogP contribution in [0.3, 0.4) is 0 Å². The summed E-state index contributed by atoms with van der Waals surface area (Å²) in [4.78, 5) is 38.3. The Morgan fingerprint density at radius 2 is 0.480 bits per heavy atom. The lowest BCUT2D eigenvalue weighted by Crippen LogP contribution is -2.30. The average molecular weight is 1040 g/mol. The maximum absolute atomic E-state index is 12.9. The lowest BCUT2D eigenvalue weighted by Gasteiger charge is -2.18. The van der Waals surface area contributed by atoms with Crippen LogP contribution in [-0.2, 0) is 28.6 Å². The molecule has 0 N–H and O–H groups in total. The second-order valence-electron chi connectivity index (χ2n) is 21.0. The van der Waals surface area contributed by atoms with Gasteiger partial charge in [-0.15, -0.1) is 0 Å². The molecule has 0 radical (unpaired) electrons. The summed E-state index contributed by atoms with van der Waals surface area (Å²) in [6, 6.07) is 0. The van der Waals surface area contributed by atoms with Gasteiger partial charge in [0.05, 0.1) is 0 Å². The standard InChI is InChI=1S/C69H118O6/c1-4-7-10-13-16-19-22-25-28-31-34-37-40-43-46-49-52-55-58-61-67(70)73-64-66(75-69(72)63-60-57-54-51-48-45-42-39-36-33-30-27-24-21-18-15-12-9-6-3)65-74-68(71)62-59-56-53-50-47-44-41-38-35-32-29-26-23-20-17-14-11-8-5-2/h16-21,25-30,36,39,45,48,66H,4-15,22-24,31-35,37-38,40-44,46-47,49-65H2,1-3H3/b19-16-,20-17-,21-18-,28-25-,29-26-,30-27-,39-36-,48-45-. The highest BCUT2D eigenvalue weighted by Crippen LogP contribution is 2.15. The van der Waals surface area contributed by atoms with Gasteiger partial charge < -0.3 is 14.2 Å². The molecule has 0 saturated carbocycles. The van der Waals surface area contributed by atoms with Gasteiger partial charge in [-0.05, 0) is 128 Å². The third kappa shape index (κ3) is 61.1. The second kappa shape index (κ2) is 62.9. The molecule has 0 aromatic rings. The zero-order valence-electron chi connectivity index (χ0n) is 49.3. The molecule has 0 bridgehead atoms. The van der Waals surface area contributed by atoms with Gasteiger partial charge in [-0.3, -0.25) is 14.4 Å². The summed E-state index contributed by atoms with van der Waals surface area (Å²) in [7, 11) is 0. The molecule has 0 aromatic carbocycles. The molecule has 0 saturated heterocycles. The number of allylic oxidation sites excluding steroid dienone is 16. The molecule has 6 nitrogen and oxygen atoms in total. The predicted molar refractivity (Wildman–Crippen MR) is 325 cm³/mol. The Hall–Kier alpha value is -3.67. The molecule has 75 heavy (non-hydrogen) atoms. The molecule has 0 rings (SSSR count). The highest BCUT2D eigenvalue weighted by atomic mass is 16.6. The predicted octanol–water partition coefficient (Wildman–Crippen LogP) is 21.7. The SMILES string of the molecule is CCCCC/C=C\C/C=C\C/C=C\C/C=C\CCCCCC(=O)OC(COC(=O)CCCCCCCCCCC/C=C\C/C=C\CCCCC)COC(=O)CCCCCCCCCCC/C=C\C/C=C\CCCCC. The molecule has 0 unspecified atom stereocenters. The molecule has 0 heterocycles. The Kier molecular flexibility index (Phi) is 59.8. The van der Waals surface area contributed by atoms with E-state index in [1.165, 1.54) is 167 Å². The van der Waals surface area contributed by atoms with Crippen molar-refractivity contribution in [1.29, 1.82) is 0 Å². The number of rotatable bonds is 57. The summed E-state index contributed by atoms with van der Waals surface area (Å²) < 4.78 is 16.9. The number of unbranched alkanes of at least 4 members (excludes halogenated alkanes) is 30. The minimum Gasteiger partial charge on any atom is -0.462 e. The lowest BCUT2D eigenvalue weighted by molar-refractivity contribution is -0.167. The highest BCUT2D eigenvalue weighted by molar-refractivity contribution is 5.71. The molecule has 0 aliphatic rings. The smallest absolute Gasteiger partial charge is 0.306 e. The van der Waals surface area contributed by atoms with Crippen molar-refractivity contribution in [3.05, 3.63) is 97.2 Å². The molecule has 430 valence electrons. The van der Waals surface area contributed by atoms with Gasteiger partial charge in [-0.2, -0.15) is 0 Å². The first-order chi connectivity index (χ1) is 37.0. The Labute approximate surface area is 464 Å². The molecule has 0 spiro atoms. The first-order valence-corrected chi connectivity index (χ1v) is 31.7. The summed E-state index contributed by atoms with van der Waals surface area (Å²) in [5.74, 6) is -0.924. The molecule has 0 amide bonds. The van der Waals surface area contributed by atoms with Crippen molar-refractivity contribution in [2.45, 2.75) is 309 Å². The van der Waals surface area contributed by atoms with Crippen LogP contribution in [-0.4, -0.2) is 37.2 Å². The summed E-state index contributed by atoms with van der Waals surface area (Å²) >= 11 is 0. The number of carbonyl (C=O) groups is 3. The van der Waals surface area contributed by atoms with E-state index in [0.29, 0.717) is 12.8 Å².